The molecule has 3 saturated carbocycles. The van der Waals surface area contributed by atoms with E-state index in [1.807, 2.05) is 135 Å². The predicted octanol–water partition coefficient (Wildman–Crippen LogP) is 17.2. The molecule has 5 aliphatic carbocycles. The molecule has 706 valence electrons. The number of carbonyl (C=O) groups excluding carboxylic acids is 4. The fraction of sp³-hybridized carbons (Fsp3) is 0.441. The van der Waals surface area contributed by atoms with Crippen molar-refractivity contribution in [3.05, 3.63) is 252 Å². The van der Waals surface area contributed by atoms with Crippen molar-refractivity contribution in [2.45, 2.75) is 174 Å². The van der Waals surface area contributed by atoms with Crippen LogP contribution in [0.1, 0.15) is 205 Å². The zero-order valence-corrected chi connectivity index (χ0v) is 80.5. The summed E-state index contributed by atoms with van der Waals surface area (Å²) in [5.41, 5.74) is 10.2. The van der Waals surface area contributed by atoms with Crippen molar-refractivity contribution in [3.8, 4) is 28.7 Å². The van der Waals surface area contributed by atoms with Gasteiger partial charge in [-0.15, -0.1) is 0 Å². The number of esters is 3. The Bertz CT molecular complexity index is 4750. The predicted molar refractivity (Wildman–Crippen MR) is 507 cm³/mol. The van der Waals surface area contributed by atoms with Gasteiger partial charge >= 0.3 is 67.0 Å². The van der Waals surface area contributed by atoms with E-state index in [1.165, 1.54) is 34.0 Å². The number of carboxylic acids is 2. The van der Waals surface area contributed by atoms with Gasteiger partial charge in [-0.1, -0.05) is 84.9 Å². The van der Waals surface area contributed by atoms with Gasteiger partial charge in [-0.2, -0.15) is 4.73 Å². The zero-order chi connectivity index (χ0) is 93.5. The number of hydrogen-bond donors (Lipinski definition) is 6. The first-order valence-corrected chi connectivity index (χ1v) is 46.9. The van der Waals surface area contributed by atoms with Crippen LogP contribution in [-0.4, -0.2) is 171 Å². The normalized spacial score (nSPS) is 17.2. The summed E-state index contributed by atoms with van der Waals surface area (Å²) in [5.74, 6) is 6.77. The number of aliphatic carboxylic acids is 2. The molecule has 6 N–H and O–H groups in total. The molecule has 3 aromatic heterocycles. The third-order valence-electron chi connectivity index (χ3n) is 21.9. The van der Waals surface area contributed by atoms with Gasteiger partial charge in [0.25, 0.3) is 0 Å². The molecule has 3 fully saturated rings. The van der Waals surface area contributed by atoms with Crippen LogP contribution in [0.2, 0.25) is 0 Å². The number of benzene rings is 5. The number of pyridine rings is 3. The molecule has 0 radical (unpaired) electrons. The second-order valence-electron chi connectivity index (χ2n) is 31.4. The Balaban J connectivity index is 0.000000329. The van der Waals surface area contributed by atoms with Gasteiger partial charge in [0.2, 0.25) is 0 Å². The zero-order valence-electron chi connectivity index (χ0n) is 78.6. The molecule has 0 spiro atoms. The van der Waals surface area contributed by atoms with E-state index in [-0.39, 0.29) is 82.7 Å². The molecule has 27 nitrogen and oxygen atoms in total. The van der Waals surface area contributed by atoms with Crippen LogP contribution < -0.4 is 69.4 Å². The number of aromatic nitrogens is 3. The molecule has 5 aliphatic rings. The Kier molecular flexibility index (Phi) is 51.9. The van der Waals surface area contributed by atoms with Crippen LogP contribution in [0.15, 0.2) is 223 Å². The first kappa shape index (κ1) is 109. The van der Waals surface area contributed by atoms with Crippen LogP contribution in [0.5, 0.6) is 28.7 Å². The number of aliphatic hydroxyl groups is 1. The van der Waals surface area contributed by atoms with Gasteiger partial charge in [0.15, 0.2) is 11.3 Å². The third-order valence-corrected chi connectivity index (χ3v) is 23.9. The number of rotatable bonds is 39. The summed E-state index contributed by atoms with van der Waals surface area (Å²) in [5, 5.41) is 42.0. The molecule has 3 heterocycles. The standard InChI is InChI=1S/2C21H26N2O3.C16H22O3.C16H18O3.C12H12O2.C8H12N2O2.C8H17O5P.Na.H2.H/c2*24-21(25)15-16-5-6-18(14-16)17-7-9-19(10-8-17)26-13-3-12-23-20-4-1-2-11-22-20;2*1-3-19-16(17)11-12-4-5-14(10-12)13-6-8-15(18-2)9-7-13;1-14-12-6-3-9(4-7-12)10-2-5-11(13)8-10;11-7-3-5-9-8-4-1-2-6-10(8)12;1-4-11-8(9)7-14(10,12-5-2)13-6-3;;;/h2*1-2,4,7-11,16,18H,3,5-6,12-15H2,(H,22,23)(H,24,25);6-9,12,14H,3-5,10-11H2,1-2H3;6-11H,3-5H2,1-2H3;3-4,6-8H,2,5H2,1H3;1-2,4,6,11-12H,3,5,7H2;4-7H2,1-3H3;;1H;/q;;;;;;;+1;;-1/b;;;12-11-;;;;;;. The van der Waals surface area contributed by atoms with Crippen molar-refractivity contribution < 1.29 is 133 Å². The van der Waals surface area contributed by atoms with Crippen LogP contribution in [0.25, 0.3) is 11.1 Å². The van der Waals surface area contributed by atoms with Crippen LogP contribution in [0, 0.1) is 17.8 Å². The van der Waals surface area contributed by atoms with Gasteiger partial charge in [-0.3, -0.25) is 33.5 Å². The van der Waals surface area contributed by atoms with E-state index >= 15 is 0 Å². The SMILES string of the molecule is CCOC(=O)/C=C1\C=C(c2ccc(OC)cc2)CC1.CCOC(=O)CC1CCC(c2ccc(OC)cc2)C1.CCOC(=O)CP(=O)(OCC)OCC.COc1ccc(C2=CC(=O)CC2)cc1.O=C(O)CC1CCC(c2ccc(OCCCNc3ccccn3)cc2)C1.O=C(O)CC1CCC(c2ccc(OCCCNc3ccccn3)cc2)C1.OCCCN=c1ccccn1O.[H-].[HH].[Na+]. The molecule has 0 aliphatic heterocycles. The van der Waals surface area contributed by atoms with Crippen molar-refractivity contribution in [2.75, 3.05) is 111 Å². The summed E-state index contributed by atoms with van der Waals surface area (Å²) in [7, 11) is 1.70. The minimum atomic E-state index is -3.28. The molecule has 0 bridgehead atoms. The second kappa shape index (κ2) is 62.4. The minimum Gasteiger partial charge on any atom is -1.00 e. The Morgan fingerprint density at radius 1 is 0.504 bits per heavy atom. The molecular weight excluding hydrogens is 1700 g/mol. The summed E-state index contributed by atoms with van der Waals surface area (Å²) in [6.45, 7) is 14.0. The van der Waals surface area contributed by atoms with E-state index in [9.17, 15) is 38.5 Å². The average Bonchev–Trinajstić information content (AvgIpc) is 1.81. The van der Waals surface area contributed by atoms with Crippen molar-refractivity contribution in [1.82, 2.24) is 14.7 Å². The minimum absolute atomic E-state index is 0. The maximum Gasteiger partial charge on any atom is 1.00 e. The number of allylic oxidation sites excluding steroid dienone is 5. The number of methoxy groups -OCH3 is 3. The molecule has 13 rings (SSSR count). The number of aliphatic hydroxyl groups excluding tert-OH is 1. The fourth-order valence-corrected chi connectivity index (χ4v) is 17.0. The number of hydrogen-bond acceptors (Lipinski definition) is 24. The smallest absolute Gasteiger partial charge is 1.00 e. The summed E-state index contributed by atoms with van der Waals surface area (Å²) in [4.78, 5) is 79.1. The fourth-order valence-electron chi connectivity index (χ4n) is 15.5. The Labute approximate surface area is 797 Å². The van der Waals surface area contributed by atoms with E-state index in [1.54, 1.807) is 84.8 Å². The van der Waals surface area contributed by atoms with E-state index in [0.29, 0.717) is 106 Å². The molecule has 0 amide bonds. The maximum absolute atomic E-state index is 11.8. The van der Waals surface area contributed by atoms with E-state index in [0.717, 1.165) is 165 Å². The summed E-state index contributed by atoms with van der Waals surface area (Å²) in [6, 6.07) is 57.5. The first-order chi connectivity index (χ1) is 63.1. The number of carboxylic acid groups (broad SMARTS) is 2. The molecule has 0 saturated heterocycles. The Morgan fingerprint density at radius 3 is 1.32 bits per heavy atom. The summed E-state index contributed by atoms with van der Waals surface area (Å²) >= 11 is 0. The van der Waals surface area contributed by atoms with Crippen molar-refractivity contribution in [3.63, 3.8) is 0 Å². The molecule has 131 heavy (non-hydrogen) atoms. The Morgan fingerprint density at radius 2 is 0.924 bits per heavy atom. The van der Waals surface area contributed by atoms with Crippen molar-refractivity contribution in [1.29, 1.82) is 0 Å². The van der Waals surface area contributed by atoms with Gasteiger partial charge < -0.3 is 79.5 Å². The molecule has 6 atom stereocenters. The topological polar surface area (TPSA) is 360 Å². The molecule has 8 aromatic rings. The number of nitrogens with zero attached hydrogens (tertiary/aromatic N) is 4. The molecular formula is C102H136N6NaO21P. The van der Waals surface area contributed by atoms with E-state index in [4.69, 9.17) is 57.5 Å². The van der Waals surface area contributed by atoms with Gasteiger partial charge in [0.1, 0.15) is 46.5 Å². The molecule has 29 heteroatoms. The van der Waals surface area contributed by atoms with Gasteiger partial charge in [0.05, 0.1) is 67.6 Å². The average molecular weight is 1840 g/mol. The van der Waals surface area contributed by atoms with Crippen molar-refractivity contribution in [2.24, 2.45) is 22.7 Å². The van der Waals surface area contributed by atoms with E-state index < -0.39 is 25.5 Å². The summed E-state index contributed by atoms with van der Waals surface area (Å²) < 4.78 is 64.1. The third kappa shape index (κ3) is 42.5. The van der Waals surface area contributed by atoms with Crippen LogP contribution in [0.4, 0.5) is 11.6 Å². The van der Waals surface area contributed by atoms with Crippen molar-refractivity contribution >= 4 is 66.0 Å². The van der Waals surface area contributed by atoms with Crippen LogP contribution in [-0.2, 0) is 56.6 Å². The summed E-state index contributed by atoms with van der Waals surface area (Å²) in [6.07, 6.45) is 26.6. The molecule has 5 aromatic carbocycles. The number of anilines is 2. The van der Waals surface area contributed by atoms with Gasteiger partial charge in [-0.05, 0) is 314 Å². The van der Waals surface area contributed by atoms with Gasteiger partial charge in [0, 0.05) is 78.0 Å². The molecule has 6 unspecified atom stereocenters. The Hall–Kier alpha value is -10.9. The second-order valence-corrected chi connectivity index (χ2v) is 33.5. The number of ether oxygens (including phenoxy) is 8. The largest absolute Gasteiger partial charge is 1.00 e. The monoisotopic (exact) mass is 1830 g/mol. The van der Waals surface area contributed by atoms with Crippen LogP contribution >= 0.6 is 7.60 Å². The van der Waals surface area contributed by atoms with E-state index in [2.05, 4.69) is 72.8 Å². The quantitative estimate of drug-likeness (QED) is 0.00396. The number of nitrogens with one attached hydrogen (secondary N) is 2. The number of ketones is 1. The van der Waals surface area contributed by atoms with Gasteiger partial charge in [-0.25, -0.2) is 14.8 Å². The number of carbonyl (C=O) groups is 6. The van der Waals surface area contributed by atoms with Crippen LogP contribution in [0.3, 0.4) is 0 Å². The maximum atomic E-state index is 11.8. The first-order valence-electron chi connectivity index (χ1n) is 45.2.